The molecule has 0 aromatic heterocycles. The molecule has 134 valence electrons. The average Bonchev–Trinajstić information content (AvgIpc) is 2.63. The number of carboxylic acid groups (broad SMARTS) is 1. The van der Waals surface area contributed by atoms with E-state index in [1.807, 2.05) is 43.3 Å². The Balaban J connectivity index is 1.52. The van der Waals surface area contributed by atoms with Crippen molar-refractivity contribution >= 4 is 28.3 Å². The van der Waals surface area contributed by atoms with Gasteiger partial charge in [0, 0.05) is 11.4 Å². The Bertz CT molecular complexity index is 936. The topological polar surface area (TPSA) is 55.8 Å². The molecular weight excluding hydrogens is 352 g/mol. The van der Waals surface area contributed by atoms with Crippen molar-refractivity contribution in [2.75, 3.05) is 13.2 Å². The van der Waals surface area contributed by atoms with Crippen LogP contribution in [-0.2, 0) is 0 Å². The van der Waals surface area contributed by atoms with Gasteiger partial charge < -0.3 is 14.6 Å². The highest BCUT2D eigenvalue weighted by molar-refractivity contribution is 6.31. The van der Waals surface area contributed by atoms with Gasteiger partial charge in [0.05, 0.1) is 18.8 Å². The normalized spacial score (nSPS) is 10.7. The molecule has 0 heterocycles. The summed E-state index contributed by atoms with van der Waals surface area (Å²) in [5.41, 5.74) is 1.25. The molecule has 3 aromatic carbocycles. The summed E-state index contributed by atoms with van der Waals surface area (Å²) >= 11 is 5.99. The fourth-order valence-corrected chi connectivity index (χ4v) is 2.71. The fraction of sp³-hybridized carbons (Fsp3) is 0.190. The fourth-order valence-electron chi connectivity index (χ4n) is 2.59. The Hall–Kier alpha value is -2.72. The van der Waals surface area contributed by atoms with E-state index in [2.05, 4.69) is 0 Å². The zero-order valence-electron chi connectivity index (χ0n) is 14.4. The predicted octanol–water partition coefficient (Wildman–Crippen LogP) is 5.35. The number of hydrogen-bond acceptors (Lipinski definition) is 3. The van der Waals surface area contributed by atoms with Crippen molar-refractivity contribution in [2.45, 2.75) is 13.3 Å². The largest absolute Gasteiger partial charge is 0.493 e. The SMILES string of the molecule is Cc1cc(OCCCOc2ccc3ccc(C(=O)O)cc3c2)ccc1Cl. The van der Waals surface area contributed by atoms with Gasteiger partial charge in [-0.25, -0.2) is 4.79 Å². The molecule has 0 atom stereocenters. The van der Waals surface area contributed by atoms with Crippen molar-refractivity contribution in [3.8, 4) is 11.5 Å². The average molecular weight is 371 g/mol. The van der Waals surface area contributed by atoms with Gasteiger partial charge in [-0.15, -0.1) is 0 Å². The lowest BCUT2D eigenvalue weighted by molar-refractivity contribution is 0.0697. The molecule has 0 aliphatic carbocycles. The minimum Gasteiger partial charge on any atom is -0.493 e. The second-order valence-electron chi connectivity index (χ2n) is 5.99. The van der Waals surface area contributed by atoms with Crippen LogP contribution < -0.4 is 9.47 Å². The summed E-state index contributed by atoms with van der Waals surface area (Å²) in [6.45, 7) is 2.99. The van der Waals surface area contributed by atoms with Crippen LogP contribution in [0.1, 0.15) is 22.3 Å². The van der Waals surface area contributed by atoms with Gasteiger partial charge in [0.1, 0.15) is 11.5 Å². The van der Waals surface area contributed by atoms with E-state index in [0.717, 1.165) is 33.5 Å². The number of aryl methyl sites for hydroxylation is 1. The van der Waals surface area contributed by atoms with Gasteiger partial charge in [-0.3, -0.25) is 0 Å². The molecule has 0 aliphatic heterocycles. The van der Waals surface area contributed by atoms with Crippen molar-refractivity contribution < 1.29 is 19.4 Å². The summed E-state index contributed by atoms with van der Waals surface area (Å²) in [6.07, 6.45) is 0.731. The lowest BCUT2D eigenvalue weighted by Gasteiger charge is -2.10. The van der Waals surface area contributed by atoms with E-state index in [1.54, 1.807) is 18.2 Å². The van der Waals surface area contributed by atoms with E-state index in [-0.39, 0.29) is 5.56 Å². The van der Waals surface area contributed by atoms with E-state index in [0.29, 0.717) is 19.0 Å². The maximum absolute atomic E-state index is 11.1. The molecule has 0 radical (unpaired) electrons. The van der Waals surface area contributed by atoms with Crippen molar-refractivity contribution in [1.82, 2.24) is 0 Å². The van der Waals surface area contributed by atoms with Gasteiger partial charge in [-0.2, -0.15) is 0 Å². The van der Waals surface area contributed by atoms with Crippen LogP contribution in [0.3, 0.4) is 0 Å². The molecule has 0 fully saturated rings. The van der Waals surface area contributed by atoms with Crippen molar-refractivity contribution in [3.63, 3.8) is 0 Å². The molecule has 4 nitrogen and oxygen atoms in total. The lowest BCUT2D eigenvalue weighted by Crippen LogP contribution is -2.05. The molecule has 0 bridgehead atoms. The summed E-state index contributed by atoms with van der Waals surface area (Å²) < 4.78 is 11.4. The number of fused-ring (bicyclic) bond motifs is 1. The molecule has 0 spiro atoms. The van der Waals surface area contributed by atoms with Gasteiger partial charge in [-0.1, -0.05) is 23.7 Å². The highest BCUT2D eigenvalue weighted by Gasteiger charge is 2.05. The zero-order valence-corrected chi connectivity index (χ0v) is 15.1. The van der Waals surface area contributed by atoms with Crippen LogP contribution in [0.2, 0.25) is 5.02 Å². The first kappa shape index (κ1) is 18.1. The van der Waals surface area contributed by atoms with Crippen LogP contribution in [0.15, 0.2) is 54.6 Å². The van der Waals surface area contributed by atoms with Crippen LogP contribution in [0.4, 0.5) is 0 Å². The first-order valence-electron chi connectivity index (χ1n) is 8.32. The number of hydrogen-bond donors (Lipinski definition) is 1. The standard InChI is InChI=1S/C21H19ClO4/c1-14-11-18(7-8-20(14)22)25-9-2-10-26-19-6-5-15-3-4-16(21(23)24)12-17(15)13-19/h3-8,11-13H,2,9-10H2,1H3,(H,23,24). The maximum Gasteiger partial charge on any atom is 0.335 e. The second-order valence-corrected chi connectivity index (χ2v) is 6.40. The Labute approximate surface area is 156 Å². The summed E-state index contributed by atoms with van der Waals surface area (Å²) in [4.78, 5) is 11.1. The number of carbonyl (C=O) groups is 1. The number of ether oxygens (including phenoxy) is 2. The summed E-state index contributed by atoms with van der Waals surface area (Å²) in [5, 5.41) is 11.6. The Kier molecular flexibility index (Phi) is 5.64. The monoisotopic (exact) mass is 370 g/mol. The van der Waals surface area contributed by atoms with E-state index in [9.17, 15) is 4.79 Å². The molecule has 0 amide bonds. The number of benzene rings is 3. The molecule has 3 aromatic rings. The van der Waals surface area contributed by atoms with Crippen molar-refractivity contribution in [1.29, 1.82) is 0 Å². The number of halogens is 1. The highest BCUT2D eigenvalue weighted by atomic mass is 35.5. The van der Waals surface area contributed by atoms with Crippen LogP contribution in [0, 0.1) is 6.92 Å². The third kappa shape index (κ3) is 4.46. The van der Waals surface area contributed by atoms with Gasteiger partial charge in [-0.05, 0) is 65.7 Å². The minimum absolute atomic E-state index is 0.265. The smallest absolute Gasteiger partial charge is 0.335 e. The Morgan fingerprint density at radius 2 is 1.58 bits per heavy atom. The van der Waals surface area contributed by atoms with E-state index in [4.69, 9.17) is 26.2 Å². The summed E-state index contributed by atoms with van der Waals surface area (Å²) in [6, 6.07) is 16.3. The van der Waals surface area contributed by atoms with Gasteiger partial charge in [0.15, 0.2) is 0 Å². The number of rotatable bonds is 7. The predicted molar refractivity (Wildman–Crippen MR) is 103 cm³/mol. The van der Waals surface area contributed by atoms with Crippen molar-refractivity contribution in [3.05, 3.63) is 70.7 Å². The highest BCUT2D eigenvalue weighted by Crippen LogP contribution is 2.23. The van der Waals surface area contributed by atoms with Crippen LogP contribution >= 0.6 is 11.6 Å². The maximum atomic E-state index is 11.1. The molecule has 1 N–H and O–H groups in total. The molecule has 3 rings (SSSR count). The Morgan fingerprint density at radius 1 is 0.923 bits per heavy atom. The molecule has 0 unspecified atom stereocenters. The summed E-state index contributed by atoms with van der Waals surface area (Å²) in [5.74, 6) is 0.564. The van der Waals surface area contributed by atoms with Crippen LogP contribution in [0.5, 0.6) is 11.5 Å². The van der Waals surface area contributed by atoms with Gasteiger partial charge in [0.25, 0.3) is 0 Å². The van der Waals surface area contributed by atoms with Gasteiger partial charge in [0.2, 0.25) is 0 Å². The number of carboxylic acids is 1. The van der Waals surface area contributed by atoms with E-state index < -0.39 is 5.97 Å². The number of aromatic carboxylic acids is 1. The first-order valence-corrected chi connectivity index (χ1v) is 8.69. The third-order valence-corrected chi connectivity index (χ3v) is 4.44. The minimum atomic E-state index is -0.937. The molecule has 5 heteroatoms. The van der Waals surface area contributed by atoms with E-state index >= 15 is 0 Å². The van der Waals surface area contributed by atoms with Gasteiger partial charge >= 0.3 is 5.97 Å². The molecule has 0 saturated heterocycles. The molecular formula is C21H19ClO4. The first-order chi connectivity index (χ1) is 12.5. The van der Waals surface area contributed by atoms with E-state index in [1.165, 1.54) is 0 Å². The lowest BCUT2D eigenvalue weighted by atomic mass is 10.1. The van der Waals surface area contributed by atoms with Crippen molar-refractivity contribution in [2.24, 2.45) is 0 Å². The third-order valence-electron chi connectivity index (χ3n) is 4.01. The van der Waals surface area contributed by atoms with Crippen LogP contribution in [-0.4, -0.2) is 24.3 Å². The molecule has 0 saturated carbocycles. The second kappa shape index (κ2) is 8.11. The molecule has 0 aliphatic rings. The quantitative estimate of drug-likeness (QED) is 0.570. The summed E-state index contributed by atoms with van der Waals surface area (Å²) in [7, 11) is 0. The van der Waals surface area contributed by atoms with Crippen LogP contribution in [0.25, 0.3) is 10.8 Å². The Morgan fingerprint density at radius 3 is 2.27 bits per heavy atom. The zero-order chi connectivity index (χ0) is 18.5. The molecule has 26 heavy (non-hydrogen) atoms.